The van der Waals surface area contributed by atoms with Crippen molar-refractivity contribution in [3.63, 3.8) is 0 Å². The van der Waals surface area contributed by atoms with E-state index in [9.17, 15) is 47.5 Å². The van der Waals surface area contributed by atoms with Crippen LogP contribution >= 0.6 is 0 Å². The monoisotopic (exact) mass is 889 g/mol. The molecule has 2 saturated heterocycles. The summed E-state index contributed by atoms with van der Waals surface area (Å²) in [4.78, 5) is 0. The van der Waals surface area contributed by atoms with Gasteiger partial charge in [0.15, 0.2) is 12.6 Å². The average molecular weight is 889 g/mol. The highest BCUT2D eigenvalue weighted by atomic mass is 32.2. The summed E-state index contributed by atoms with van der Waals surface area (Å²) < 4.78 is 72.5. The second-order valence-electron chi connectivity index (χ2n) is 17.0. The highest BCUT2D eigenvalue weighted by Crippen LogP contribution is 2.28. The van der Waals surface area contributed by atoms with Crippen LogP contribution in [0.4, 0.5) is 0 Å². The minimum atomic E-state index is -3.77. The van der Waals surface area contributed by atoms with E-state index in [0.717, 1.165) is 51.4 Å². The van der Waals surface area contributed by atoms with Crippen molar-refractivity contribution < 1.29 is 61.7 Å². The fourth-order valence-corrected chi connectivity index (χ4v) is 10.0. The van der Waals surface area contributed by atoms with E-state index in [1.807, 2.05) is 0 Å². The number of unbranched alkanes of at least 4 members (excludes halogenated alkanes) is 24. The fourth-order valence-electron chi connectivity index (χ4n) is 7.71. The maximum atomic E-state index is 12.7. The molecule has 2 heterocycles. The van der Waals surface area contributed by atoms with E-state index < -0.39 is 94.5 Å². The Hall–Kier alpha value is -0.540. The Kier molecular flexibility index (Phi) is 29.0. The van der Waals surface area contributed by atoms with Crippen molar-refractivity contribution in [1.82, 2.24) is 9.44 Å². The molecule has 8 N–H and O–H groups in total. The van der Waals surface area contributed by atoms with E-state index in [1.54, 1.807) is 0 Å². The van der Waals surface area contributed by atoms with Crippen molar-refractivity contribution in [3.05, 3.63) is 0 Å². The first kappa shape index (κ1) is 54.6. The van der Waals surface area contributed by atoms with Gasteiger partial charge in [-0.15, -0.1) is 0 Å². The van der Waals surface area contributed by atoms with Gasteiger partial charge in [-0.25, -0.2) is 26.3 Å². The van der Waals surface area contributed by atoms with Gasteiger partial charge in [-0.2, -0.15) is 0 Å². The number of rotatable bonds is 36. The Morgan fingerprint density at radius 2 is 0.644 bits per heavy atom. The summed E-state index contributed by atoms with van der Waals surface area (Å²) in [5, 5.41) is 63.5. The van der Waals surface area contributed by atoms with Gasteiger partial charge < -0.3 is 44.8 Å². The van der Waals surface area contributed by atoms with Gasteiger partial charge in [0.25, 0.3) is 0 Å². The molecule has 0 spiro atoms. The Balaban J connectivity index is 1.73. The predicted octanol–water partition coefficient (Wildman–Crippen LogP) is 4.64. The normalized spacial score (nSPS) is 28.0. The van der Waals surface area contributed by atoms with Crippen LogP contribution in [0.15, 0.2) is 0 Å². The molecule has 17 heteroatoms. The van der Waals surface area contributed by atoms with Gasteiger partial charge in [-0.05, 0) is 12.8 Å². The number of sulfonamides is 2. The summed E-state index contributed by atoms with van der Waals surface area (Å²) in [6, 6.07) is 0. The smallest absolute Gasteiger partial charge is 0.211 e. The van der Waals surface area contributed by atoms with Crippen LogP contribution in [0.3, 0.4) is 0 Å². The van der Waals surface area contributed by atoms with Gasteiger partial charge in [0.1, 0.15) is 48.8 Å². The largest absolute Gasteiger partial charge is 0.388 e. The number of hydrogen-bond donors (Lipinski definition) is 8. The zero-order chi connectivity index (χ0) is 43.5. The molecule has 2 aliphatic rings. The molecular weight excluding hydrogens is 805 g/mol. The first-order valence-electron chi connectivity index (χ1n) is 23.2. The Morgan fingerprint density at radius 1 is 0.390 bits per heavy atom. The summed E-state index contributed by atoms with van der Waals surface area (Å²) >= 11 is 0. The van der Waals surface area contributed by atoms with E-state index in [0.29, 0.717) is 12.8 Å². The molecule has 352 valence electrons. The molecule has 15 nitrogen and oxygen atoms in total. The summed E-state index contributed by atoms with van der Waals surface area (Å²) in [5.74, 6) is -0.267. The lowest BCUT2D eigenvalue weighted by atomic mass is 9.98. The Morgan fingerprint density at radius 3 is 0.915 bits per heavy atom. The molecule has 0 aromatic carbocycles. The molecule has 2 fully saturated rings. The third-order valence-electron chi connectivity index (χ3n) is 11.6. The molecule has 0 saturated carbocycles. The van der Waals surface area contributed by atoms with Crippen molar-refractivity contribution in [3.8, 4) is 0 Å². The topological polar surface area (TPSA) is 241 Å². The van der Waals surface area contributed by atoms with Crippen LogP contribution in [0, 0.1) is 0 Å². The molecule has 0 aromatic rings. The Bertz CT molecular complexity index is 1170. The zero-order valence-electron chi connectivity index (χ0n) is 36.3. The third-order valence-corrected chi connectivity index (χ3v) is 14.5. The number of aliphatic hydroxyl groups is 6. The minimum Gasteiger partial charge on any atom is -0.388 e. The Labute approximate surface area is 356 Å². The van der Waals surface area contributed by atoms with Crippen molar-refractivity contribution >= 4 is 20.0 Å². The molecule has 1 unspecified atom stereocenters. The second kappa shape index (κ2) is 31.3. The standard InChI is InChI=1S/C42H84N2O13S2/c1-3-5-7-9-11-13-15-17-19-21-23-25-27-29-58(51,52)43-31-33-35(45)37(47)39(49)41(55-33)57-42-40(50)38(48)36(46)34(56-42)32-44-59(53,54)30-28-26-24-22-20-18-16-14-12-10-8-6-4-2/h33-50H,3-32H2,1-2H3/t33-,34-,35-,36-,37+,38+,39-,40-,41-,42?/m1/s1. The molecule has 2 aliphatic heterocycles. The zero-order valence-corrected chi connectivity index (χ0v) is 38.0. The van der Waals surface area contributed by atoms with Crippen LogP contribution < -0.4 is 9.44 Å². The number of ether oxygens (including phenoxy) is 3. The molecule has 0 aliphatic carbocycles. The predicted molar refractivity (Wildman–Crippen MR) is 229 cm³/mol. The maximum absolute atomic E-state index is 12.7. The van der Waals surface area contributed by atoms with Crippen LogP contribution in [0.5, 0.6) is 0 Å². The molecule has 2 rings (SSSR count). The maximum Gasteiger partial charge on any atom is 0.211 e. The van der Waals surface area contributed by atoms with E-state index >= 15 is 0 Å². The van der Waals surface area contributed by atoms with Gasteiger partial charge in [-0.3, -0.25) is 0 Å². The first-order valence-corrected chi connectivity index (χ1v) is 26.5. The SMILES string of the molecule is CCCCCCCCCCCCCCCS(=O)(=O)NC[C@H]1O[C@H](OC2O[C@H](CNS(=O)(=O)CCCCCCCCCCCCCCC)[C@@H](O)[C@H](O)[C@H]2O)[C@H](O)[C@@H](O)[C@@H]1O. The van der Waals surface area contributed by atoms with Gasteiger partial charge >= 0.3 is 0 Å². The van der Waals surface area contributed by atoms with Crippen molar-refractivity contribution in [1.29, 1.82) is 0 Å². The van der Waals surface area contributed by atoms with Crippen LogP contribution in [0.25, 0.3) is 0 Å². The van der Waals surface area contributed by atoms with Gasteiger partial charge in [-0.1, -0.05) is 168 Å². The summed E-state index contributed by atoms with van der Waals surface area (Å²) in [6.45, 7) is 3.53. The molecule has 59 heavy (non-hydrogen) atoms. The lowest BCUT2D eigenvalue weighted by Gasteiger charge is -2.45. The lowest BCUT2D eigenvalue weighted by molar-refractivity contribution is -0.372. The molecule has 10 atom stereocenters. The number of hydrogen-bond acceptors (Lipinski definition) is 13. The fraction of sp³-hybridized carbons (Fsp3) is 1.00. The van der Waals surface area contributed by atoms with E-state index in [1.165, 1.54) is 103 Å². The van der Waals surface area contributed by atoms with Crippen molar-refractivity contribution in [2.24, 2.45) is 0 Å². The average Bonchev–Trinajstić information content (AvgIpc) is 3.20. The van der Waals surface area contributed by atoms with E-state index in [2.05, 4.69) is 23.3 Å². The summed E-state index contributed by atoms with van der Waals surface area (Å²) in [7, 11) is -7.54. The summed E-state index contributed by atoms with van der Waals surface area (Å²) in [5.41, 5.74) is 0. The van der Waals surface area contributed by atoms with E-state index in [4.69, 9.17) is 14.2 Å². The minimum absolute atomic E-state index is 0.133. The van der Waals surface area contributed by atoms with Crippen LogP contribution in [0.2, 0.25) is 0 Å². The molecule has 0 bridgehead atoms. The van der Waals surface area contributed by atoms with Gasteiger partial charge in [0, 0.05) is 13.1 Å². The van der Waals surface area contributed by atoms with Gasteiger partial charge in [0.2, 0.25) is 20.0 Å². The van der Waals surface area contributed by atoms with Crippen molar-refractivity contribution in [2.45, 2.75) is 242 Å². The van der Waals surface area contributed by atoms with Gasteiger partial charge in [0.05, 0.1) is 11.5 Å². The van der Waals surface area contributed by atoms with E-state index in [-0.39, 0.29) is 11.5 Å². The van der Waals surface area contributed by atoms with Crippen molar-refractivity contribution in [2.75, 3.05) is 24.6 Å². The molecule has 0 aromatic heterocycles. The lowest BCUT2D eigenvalue weighted by Crippen LogP contribution is -2.64. The molecule has 0 amide bonds. The number of nitrogens with one attached hydrogen (secondary N) is 2. The van der Waals surface area contributed by atoms with Crippen LogP contribution in [-0.2, 0) is 34.3 Å². The number of aliphatic hydroxyl groups excluding tert-OH is 6. The quantitative estimate of drug-likeness (QED) is 0.0401. The first-order chi connectivity index (χ1) is 28.2. The molecule has 0 radical (unpaired) electrons. The highest BCUT2D eigenvalue weighted by molar-refractivity contribution is 7.89. The summed E-state index contributed by atoms with van der Waals surface area (Å²) in [6.07, 6.45) is 11.9. The van der Waals surface area contributed by atoms with Crippen LogP contribution in [-0.4, -0.2) is 133 Å². The molecular formula is C42H84N2O13S2. The third kappa shape index (κ3) is 23.1. The van der Waals surface area contributed by atoms with Crippen LogP contribution in [0.1, 0.15) is 181 Å². The second-order valence-corrected chi connectivity index (χ2v) is 20.8. The highest BCUT2D eigenvalue weighted by Gasteiger charge is 2.50.